The van der Waals surface area contributed by atoms with Crippen LogP contribution >= 0.6 is 27.5 Å². The molecule has 3 aromatic carbocycles. The van der Waals surface area contributed by atoms with Crippen molar-refractivity contribution in [3.8, 4) is 11.5 Å². The lowest BCUT2D eigenvalue weighted by Crippen LogP contribution is -2.32. The van der Waals surface area contributed by atoms with Crippen LogP contribution in [0.15, 0.2) is 75.9 Å². The third-order valence-electron chi connectivity index (χ3n) is 5.44. The summed E-state index contributed by atoms with van der Waals surface area (Å²) in [5.41, 5.74) is 2.69. The van der Waals surface area contributed by atoms with Crippen molar-refractivity contribution in [2.24, 2.45) is 0 Å². The summed E-state index contributed by atoms with van der Waals surface area (Å²) in [6.07, 6.45) is 0. The zero-order valence-electron chi connectivity index (χ0n) is 19.7. The van der Waals surface area contributed by atoms with Gasteiger partial charge in [-0.1, -0.05) is 39.7 Å². The first-order chi connectivity index (χ1) is 17.2. The SMILES string of the molecule is CCOc1ccccc1N1C(=O)C(Cl)=C(Nc2ccc(C(=O)Oc3c(C)cc(Br)cc3C)cc2)C1=O. The van der Waals surface area contributed by atoms with Crippen LogP contribution in [0, 0.1) is 13.8 Å². The van der Waals surface area contributed by atoms with Gasteiger partial charge in [-0.2, -0.15) is 0 Å². The number of nitrogens with zero attached hydrogens (tertiary/aromatic N) is 1. The van der Waals surface area contributed by atoms with Crippen LogP contribution in [0.25, 0.3) is 0 Å². The number of halogens is 2. The van der Waals surface area contributed by atoms with Gasteiger partial charge in [0, 0.05) is 10.2 Å². The maximum atomic E-state index is 13.1. The van der Waals surface area contributed by atoms with Gasteiger partial charge >= 0.3 is 5.97 Å². The molecule has 0 radical (unpaired) electrons. The number of benzene rings is 3. The van der Waals surface area contributed by atoms with Crippen LogP contribution in [0.3, 0.4) is 0 Å². The first kappa shape index (κ1) is 25.5. The molecule has 3 aromatic rings. The number of para-hydroxylation sites is 2. The van der Waals surface area contributed by atoms with Gasteiger partial charge in [0.05, 0.1) is 17.9 Å². The Hall–Kier alpha value is -3.62. The third-order valence-corrected chi connectivity index (χ3v) is 6.25. The molecule has 0 saturated heterocycles. The fourth-order valence-corrected chi connectivity index (χ4v) is 4.69. The van der Waals surface area contributed by atoms with Crippen molar-refractivity contribution in [2.45, 2.75) is 20.8 Å². The van der Waals surface area contributed by atoms with Gasteiger partial charge in [-0.15, -0.1) is 0 Å². The maximum Gasteiger partial charge on any atom is 0.343 e. The Morgan fingerprint density at radius 1 is 1.00 bits per heavy atom. The molecule has 0 bridgehead atoms. The second-order valence-corrected chi connectivity index (χ2v) is 9.29. The summed E-state index contributed by atoms with van der Waals surface area (Å²) in [6, 6.07) is 16.8. The predicted octanol–water partition coefficient (Wildman–Crippen LogP) is 6.12. The number of rotatable bonds is 7. The molecule has 7 nitrogen and oxygen atoms in total. The second-order valence-electron chi connectivity index (χ2n) is 8.00. The Labute approximate surface area is 221 Å². The molecule has 36 heavy (non-hydrogen) atoms. The van der Waals surface area contributed by atoms with Crippen molar-refractivity contribution in [3.05, 3.63) is 92.6 Å². The summed E-state index contributed by atoms with van der Waals surface area (Å²) >= 11 is 9.67. The molecule has 0 unspecified atom stereocenters. The molecule has 9 heteroatoms. The van der Waals surface area contributed by atoms with Crippen LogP contribution in [0.4, 0.5) is 11.4 Å². The van der Waals surface area contributed by atoms with Gasteiger partial charge in [0.1, 0.15) is 22.2 Å². The first-order valence-electron chi connectivity index (χ1n) is 11.1. The highest BCUT2D eigenvalue weighted by Gasteiger charge is 2.40. The van der Waals surface area contributed by atoms with E-state index in [1.54, 1.807) is 48.5 Å². The summed E-state index contributed by atoms with van der Waals surface area (Å²) in [6.45, 7) is 5.90. The molecule has 184 valence electrons. The lowest BCUT2D eigenvalue weighted by molar-refractivity contribution is -0.120. The molecule has 0 saturated carbocycles. The molecule has 1 N–H and O–H groups in total. The molecule has 1 aliphatic rings. The number of aryl methyl sites for hydroxylation is 2. The van der Waals surface area contributed by atoms with Crippen LogP contribution in [0.1, 0.15) is 28.4 Å². The number of hydrogen-bond donors (Lipinski definition) is 1. The van der Waals surface area contributed by atoms with Gasteiger partial charge < -0.3 is 14.8 Å². The fraction of sp³-hybridized carbons (Fsp3) is 0.148. The van der Waals surface area contributed by atoms with E-state index in [2.05, 4.69) is 21.2 Å². The number of amides is 2. The fourth-order valence-electron chi connectivity index (χ4n) is 3.79. The summed E-state index contributed by atoms with van der Waals surface area (Å²) < 4.78 is 12.1. The molecular weight excluding hydrogens is 548 g/mol. The largest absolute Gasteiger partial charge is 0.492 e. The van der Waals surface area contributed by atoms with Crippen LogP contribution in [-0.2, 0) is 9.59 Å². The maximum absolute atomic E-state index is 13.1. The molecule has 0 fully saturated rings. The summed E-state index contributed by atoms with van der Waals surface area (Å²) in [7, 11) is 0. The summed E-state index contributed by atoms with van der Waals surface area (Å²) in [5.74, 6) is -0.881. The van der Waals surface area contributed by atoms with Gasteiger partial charge in [-0.05, 0) is 80.4 Å². The molecule has 0 aromatic heterocycles. The Morgan fingerprint density at radius 3 is 2.28 bits per heavy atom. The van der Waals surface area contributed by atoms with Gasteiger partial charge in [-0.25, -0.2) is 9.69 Å². The number of imide groups is 1. The highest BCUT2D eigenvalue weighted by atomic mass is 79.9. The number of anilines is 2. The van der Waals surface area contributed by atoms with E-state index in [0.29, 0.717) is 35.0 Å². The first-order valence-corrected chi connectivity index (χ1v) is 12.2. The van der Waals surface area contributed by atoms with E-state index < -0.39 is 17.8 Å². The Morgan fingerprint density at radius 2 is 1.64 bits per heavy atom. The molecule has 1 aliphatic heterocycles. The third kappa shape index (κ3) is 5.01. The molecule has 0 spiro atoms. The van der Waals surface area contributed by atoms with E-state index in [-0.39, 0.29) is 10.7 Å². The lowest BCUT2D eigenvalue weighted by atomic mass is 10.1. The van der Waals surface area contributed by atoms with Gasteiger partial charge in [0.25, 0.3) is 11.8 Å². The monoisotopic (exact) mass is 568 g/mol. The number of carbonyl (C=O) groups is 3. The van der Waals surface area contributed by atoms with Crippen molar-refractivity contribution in [1.82, 2.24) is 0 Å². The standard InChI is InChI=1S/C27H22BrClN2O5/c1-4-35-21-8-6-5-7-20(21)31-25(32)22(29)23(26(31)33)30-19-11-9-17(10-12-19)27(34)36-24-15(2)13-18(28)14-16(24)3/h5-14,30H,4H2,1-3H3. The normalized spacial score (nSPS) is 13.3. The minimum Gasteiger partial charge on any atom is -0.492 e. The number of ether oxygens (including phenoxy) is 2. The minimum absolute atomic E-state index is 0.0654. The highest BCUT2D eigenvalue weighted by Crippen LogP contribution is 2.35. The topological polar surface area (TPSA) is 84.9 Å². The summed E-state index contributed by atoms with van der Waals surface area (Å²) in [5, 5.41) is 2.66. The van der Waals surface area contributed by atoms with E-state index in [0.717, 1.165) is 20.5 Å². The molecular formula is C27H22BrClN2O5. The molecule has 1 heterocycles. The molecule has 0 aliphatic carbocycles. The van der Waals surface area contributed by atoms with Crippen molar-refractivity contribution in [3.63, 3.8) is 0 Å². The van der Waals surface area contributed by atoms with E-state index >= 15 is 0 Å². The number of esters is 1. The minimum atomic E-state index is -0.656. The Bertz CT molecular complexity index is 1380. The van der Waals surface area contributed by atoms with Crippen molar-refractivity contribution >= 4 is 56.7 Å². The average Bonchev–Trinajstić information content (AvgIpc) is 3.05. The van der Waals surface area contributed by atoms with Crippen LogP contribution in [0.5, 0.6) is 11.5 Å². The van der Waals surface area contributed by atoms with E-state index in [1.165, 1.54) is 0 Å². The quantitative estimate of drug-likeness (QED) is 0.210. The molecule has 0 atom stereocenters. The Balaban J connectivity index is 1.51. The molecule has 4 rings (SSSR count). The lowest BCUT2D eigenvalue weighted by Gasteiger charge is -2.18. The van der Waals surface area contributed by atoms with E-state index in [9.17, 15) is 14.4 Å². The van der Waals surface area contributed by atoms with Crippen LogP contribution in [-0.4, -0.2) is 24.4 Å². The van der Waals surface area contributed by atoms with Crippen LogP contribution < -0.4 is 19.7 Å². The van der Waals surface area contributed by atoms with Gasteiger partial charge in [0.15, 0.2) is 0 Å². The highest BCUT2D eigenvalue weighted by molar-refractivity contribution is 9.10. The van der Waals surface area contributed by atoms with Crippen molar-refractivity contribution in [2.75, 3.05) is 16.8 Å². The predicted molar refractivity (Wildman–Crippen MR) is 142 cm³/mol. The Kier molecular flexibility index (Phi) is 7.47. The summed E-state index contributed by atoms with van der Waals surface area (Å²) in [4.78, 5) is 39.6. The number of nitrogens with one attached hydrogen (secondary N) is 1. The van der Waals surface area contributed by atoms with Crippen LogP contribution in [0.2, 0.25) is 0 Å². The average molecular weight is 570 g/mol. The number of hydrogen-bond acceptors (Lipinski definition) is 6. The molecule has 2 amide bonds. The zero-order chi connectivity index (χ0) is 26.0. The van der Waals surface area contributed by atoms with E-state index in [1.807, 2.05) is 32.9 Å². The van der Waals surface area contributed by atoms with Crippen molar-refractivity contribution in [1.29, 1.82) is 0 Å². The zero-order valence-corrected chi connectivity index (χ0v) is 22.1. The van der Waals surface area contributed by atoms with Gasteiger partial charge in [-0.3, -0.25) is 9.59 Å². The van der Waals surface area contributed by atoms with Gasteiger partial charge in [0.2, 0.25) is 0 Å². The van der Waals surface area contributed by atoms with E-state index in [4.69, 9.17) is 21.1 Å². The smallest absolute Gasteiger partial charge is 0.343 e. The second kappa shape index (κ2) is 10.6. The van der Waals surface area contributed by atoms with Crippen molar-refractivity contribution < 1.29 is 23.9 Å². The number of carbonyl (C=O) groups excluding carboxylic acids is 3.